The van der Waals surface area contributed by atoms with Gasteiger partial charge in [0, 0.05) is 49.5 Å². The van der Waals surface area contributed by atoms with Crippen LogP contribution in [0.4, 0.5) is 23.0 Å². The van der Waals surface area contributed by atoms with Crippen molar-refractivity contribution < 1.29 is 4.79 Å². The Kier molecular flexibility index (Phi) is 7.60. The van der Waals surface area contributed by atoms with Gasteiger partial charge < -0.3 is 20.4 Å². The minimum absolute atomic E-state index is 0.269. The molecule has 4 aromatic rings. The zero-order valence-corrected chi connectivity index (χ0v) is 21.2. The van der Waals surface area contributed by atoms with Crippen LogP contribution in [0.2, 0.25) is 0 Å². The molecule has 186 valence electrons. The smallest absolute Gasteiger partial charge is 0.247 e. The molecule has 0 radical (unpaired) electrons. The van der Waals surface area contributed by atoms with Gasteiger partial charge >= 0.3 is 0 Å². The van der Waals surface area contributed by atoms with Crippen molar-refractivity contribution in [2.75, 3.05) is 49.8 Å². The monoisotopic (exact) mass is 484 g/mol. The molecular weight excluding hydrogens is 452 g/mol. The maximum absolute atomic E-state index is 12.1. The molecule has 9 heteroatoms. The Morgan fingerprint density at radius 1 is 1.11 bits per heavy atom. The first-order valence-corrected chi connectivity index (χ1v) is 11.9. The second kappa shape index (κ2) is 11.0. The summed E-state index contributed by atoms with van der Waals surface area (Å²) in [7, 11) is 6.07. The van der Waals surface area contributed by atoms with Crippen molar-refractivity contribution in [2.24, 2.45) is 0 Å². The van der Waals surface area contributed by atoms with E-state index in [2.05, 4.69) is 56.2 Å². The van der Waals surface area contributed by atoms with E-state index >= 15 is 0 Å². The highest BCUT2D eigenvalue weighted by Gasteiger charge is 2.12. The topological polar surface area (TPSA) is 91.2 Å². The number of hydrogen-bond acceptors (Lipinski definition) is 7. The average molecular weight is 485 g/mol. The largest absolute Gasteiger partial charge is 0.372 e. The third-order valence-electron chi connectivity index (χ3n) is 5.88. The molecule has 2 aromatic heterocycles. The van der Waals surface area contributed by atoms with Gasteiger partial charge in [-0.25, -0.2) is 9.97 Å². The van der Waals surface area contributed by atoms with Gasteiger partial charge in [0.15, 0.2) is 0 Å². The maximum Gasteiger partial charge on any atom is 0.247 e. The van der Waals surface area contributed by atoms with Crippen molar-refractivity contribution in [3.8, 4) is 11.3 Å². The Morgan fingerprint density at radius 2 is 1.94 bits per heavy atom. The normalized spacial score (nSPS) is 11.0. The van der Waals surface area contributed by atoms with Crippen LogP contribution < -0.4 is 15.5 Å². The van der Waals surface area contributed by atoms with Crippen molar-refractivity contribution in [3.63, 3.8) is 0 Å². The number of likely N-dealkylation sites (N-methyl/N-ethyl adjacent to an activating group) is 2. The van der Waals surface area contributed by atoms with E-state index in [1.807, 2.05) is 62.4 Å². The molecule has 0 fully saturated rings. The number of fused-ring (bicyclic) bond motifs is 1. The predicted octanol–water partition coefficient (Wildman–Crippen LogP) is 4.38. The van der Waals surface area contributed by atoms with Crippen LogP contribution in [0.25, 0.3) is 22.2 Å². The van der Waals surface area contributed by atoms with Crippen LogP contribution in [0.15, 0.2) is 67.5 Å². The molecule has 2 aromatic carbocycles. The molecule has 36 heavy (non-hydrogen) atoms. The average Bonchev–Trinajstić information content (AvgIpc) is 3.30. The molecule has 0 aliphatic carbocycles. The summed E-state index contributed by atoms with van der Waals surface area (Å²) in [5, 5.41) is 11.7. The number of carbonyl (C=O) groups is 1. The van der Waals surface area contributed by atoms with Crippen molar-refractivity contribution in [1.82, 2.24) is 24.6 Å². The molecule has 9 nitrogen and oxygen atoms in total. The van der Waals surface area contributed by atoms with E-state index in [9.17, 15) is 4.79 Å². The highest BCUT2D eigenvalue weighted by atomic mass is 16.1. The second-order valence-electron chi connectivity index (χ2n) is 8.77. The van der Waals surface area contributed by atoms with E-state index < -0.39 is 0 Å². The fourth-order valence-corrected chi connectivity index (χ4v) is 3.91. The van der Waals surface area contributed by atoms with E-state index in [1.165, 1.54) is 6.08 Å². The number of aryl methyl sites for hydroxylation is 1. The summed E-state index contributed by atoms with van der Waals surface area (Å²) >= 11 is 0. The molecule has 0 spiro atoms. The number of aromatic nitrogens is 4. The molecule has 0 saturated carbocycles. The van der Waals surface area contributed by atoms with Crippen LogP contribution in [-0.4, -0.2) is 64.8 Å². The molecule has 4 rings (SSSR count). The molecule has 0 unspecified atom stereocenters. The van der Waals surface area contributed by atoms with Gasteiger partial charge in [-0.2, -0.15) is 5.10 Å². The number of nitrogens with zero attached hydrogens (tertiary/aromatic N) is 6. The fraction of sp³-hybridized carbons (Fsp3) is 0.259. The summed E-state index contributed by atoms with van der Waals surface area (Å²) in [6.07, 6.45) is 4.87. The standard InChI is InChI=1S/C27H32N8O/c1-6-26(36)31-23-17-21(9-11-25(23)34(5)15-14-33(3)4)30-27-28-13-12-22(32-27)19-8-10-24-20(16-19)18-29-35(24)7-2/h6,8-13,16-18H,1,7,14-15H2,2-5H3,(H,31,36)(H,28,30,32). The molecular formula is C27H32N8O. The molecule has 2 heterocycles. The van der Waals surface area contributed by atoms with Crippen LogP contribution in [0.5, 0.6) is 0 Å². The highest BCUT2D eigenvalue weighted by molar-refractivity contribution is 6.01. The number of amides is 1. The van der Waals surface area contributed by atoms with Gasteiger partial charge in [-0.3, -0.25) is 9.48 Å². The van der Waals surface area contributed by atoms with Gasteiger partial charge in [0.25, 0.3) is 0 Å². The van der Waals surface area contributed by atoms with Crippen LogP contribution in [0.1, 0.15) is 6.92 Å². The zero-order chi connectivity index (χ0) is 25.7. The summed E-state index contributed by atoms with van der Waals surface area (Å²) in [6.45, 7) is 8.16. The van der Waals surface area contributed by atoms with E-state index in [1.54, 1.807) is 6.20 Å². The molecule has 0 bridgehead atoms. The highest BCUT2D eigenvalue weighted by Crippen LogP contribution is 2.30. The molecule has 0 atom stereocenters. The predicted molar refractivity (Wildman–Crippen MR) is 147 cm³/mol. The number of anilines is 4. The lowest BCUT2D eigenvalue weighted by molar-refractivity contribution is -0.111. The molecule has 1 amide bonds. The molecule has 0 aliphatic heterocycles. The van der Waals surface area contributed by atoms with E-state index in [0.717, 1.165) is 53.2 Å². The number of hydrogen-bond donors (Lipinski definition) is 2. The summed E-state index contributed by atoms with van der Waals surface area (Å²) in [5.41, 5.74) is 5.24. The third kappa shape index (κ3) is 5.69. The van der Waals surface area contributed by atoms with Crippen LogP contribution in [0, 0.1) is 0 Å². The first-order valence-electron chi connectivity index (χ1n) is 11.9. The van der Waals surface area contributed by atoms with E-state index in [4.69, 9.17) is 4.98 Å². The Labute approximate surface area is 211 Å². The molecule has 0 aliphatic rings. The van der Waals surface area contributed by atoms with Crippen LogP contribution in [0.3, 0.4) is 0 Å². The minimum atomic E-state index is -0.269. The number of nitrogens with one attached hydrogen (secondary N) is 2. The van der Waals surface area contributed by atoms with Crippen molar-refractivity contribution in [3.05, 3.63) is 67.5 Å². The lowest BCUT2D eigenvalue weighted by atomic mass is 10.1. The fourth-order valence-electron chi connectivity index (χ4n) is 3.91. The van der Waals surface area contributed by atoms with Gasteiger partial charge in [0.05, 0.1) is 28.8 Å². The van der Waals surface area contributed by atoms with Gasteiger partial charge in [0.1, 0.15) is 0 Å². The third-order valence-corrected chi connectivity index (χ3v) is 5.88. The summed E-state index contributed by atoms with van der Waals surface area (Å²) < 4.78 is 1.97. The number of benzene rings is 2. The summed E-state index contributed by atoms with van der Waals surface area (Å²) in [5.74, 6) is 0.195. The first kappa shape index (κ1) is 24.9. The van der Waals surface area contributed by atoms with E-state index in [-0.39, 0.29) is 5.91 Å². The lowest BCUT2D eigenvalue weighted by Crippen LogP contribution is -2.29. The Balaban J connectivity index is 1.59. The molecule has 0 saturated heterocycles. The van der Waals surface area contributed by atoms with Crippen LogP contribution >= 0.6 is 0 Å². The molecule has 2 N–H and O–H groups in total. The Hall–Kier alpha value is -4.24. The van der Waals surface area contributed by atoms with Crippen LogP contribution in [-0.2, 0) is 11.3 Å². The van der Waals surface area contributed by atoms with Crippen molar-refractivity contribution in [2.45, 2.75) is 13.5 Å². The second-order valence-corrected chi connectivity index (χ2v) is 8.77. The van der Waals surface area contributed by atoms with Gasteiger partial charge in [0.2, 0.25) is 11.9 Å². The summed E-state index contributed by atoms with van der Waals surface area (Å²) in [4.78, 5) is 25.4. The first-order chi connectivity index (χ1) is 17.4. The SMILES string of the molecule is C=CC(=O)Nc1cc(Nc2nccc(-c3ccc4c(cnn4CC)c3)n2)ccc1N(C)CCN(C)C. The summed E-state index contributed by atoms with van der Waals surface area (Å²) in [6, 6.07) is 13.9. The zero-order valence-electron chi connectivity index (χ0n) is 21.2. The maximum atomic E-state index is 12.1. The van der Waals surface area contributed by atoms with Gasteiger partial charge in [-0.15, -0.1) is 0 Å². The lowest BCUT2D eigenvalue weighted by Gasteiger charge is -2.24. The van der Waals surface area contributed by atoms with Crippen molar-refractivity contribution in [1.29, 1.82) is 0 Å². The Bertz CT molecular complexity index is 1380. The number of carbonyl (C=O) groups excluding carboxylic acids is 1. The van der Waals surface area contributed by atoms with Gasteiger partial charge in [-0.05, 0) is 63.5 Å². The quantitative estimate of drug-likeness (QED) is 0.323. The Morgan fingerprint density at radius 3 is 2.69 bits per heavy atom. The minimum Gasteiger partial charge on any atom is -0.372 e. The number of rotatable bonds is 10. The van der Waals surface area contributed by atoms with E-state index in [0.29, 0.717) is 11.6 Å². The van der Waals surface area contributed by atoms with Gasteiger partial charge in [-0.1, -0.05) is 12.6 Å². The van der Waals surface area contributed by atoms with Crippen molar-refractivity contribution >= 4 is 39.8 Å².